The normalized spacial score (nSPS) is 16.5. The third-order valence-corrected chi connectivity index (χ3v) is 4.54. The molecule has 1 atom stereocenters. The number of carbonyl (C=O) groups is 1. The van der Waals surface area contributed by atoms with Crippen LogP contribution in [0.2, 0.25) is 5.02 Å². The molecule has 1 unspecified atom stereocenters. The number of carbonyl (C=O) groups excluding carboxylic acids is 1. The molecular weight excluding hydrogens is 395 g/mol. The molecule has 0 saturated carbocycles. The zero-order valence-corrected chi connectivity index (χ0v) is 15.5. The van der Waals surface area contributed by atoms with Gasteiger partial charge in [-0.2, -0.15) is 13.2 Å². The molecule has 1 aromatic rings. The number of thioether (sulfide) groups is 1. The van der Waals surface area contributed by atoms with Gasteiger partial charge in [0.25, 0.3) is 5.91 Å². The van der Waals surface area contributed by atoms with Crippen LogP contribution in [-0.4, -0.2) is 35.7 Å². The number of hydrogen-bond donors (Lipinski definition) is 2. The van der Waals surface area contributed by atoms with E-state index in [1.54, 1.807) is 13.8 Å². The van der Waals surface area contributed by atoms with Gasteiger partial charge in [-0.25, -0.2) is 0 Å². The van der Waals surface area contributed by atoms with Gasteiger partial charge in [0.1, 0.15) is 4.91 Å². The minimum Gasteiger partial charge on any atom is -0.487 e. The number of hydrogen-bond acceptors (Lipinski definition) is 5. The molecule has 0 bridgehead atoms. The molecule has 2 rings (SSSR count). The Morgan fingerprint density at radius 3 is 2.73 bits per heavy atom. The van der Waals surface area contributed by atoms with E-state index in [2.05, 4.69) is 10.1 Å². The van der Waals surface area contributed by atoms with E-state index in [0.717, 1.165) is 11.8 Å². The molecule has 0 radical (unpaired) electrons. The fourth-order valence-electron chi connectivity index (χ4n) is 2.13. The second kappa shape index (κ2) is 8.51. The zero-order valence-electron chi connectivity index (χ0n) is 13.9. The number of allylic oxidation sites excluding steroid dienone is 1. The van der Waals surface area contributed by atoms with Crippen molar-refractivity contribution in [3.05, 3.63) is 39.4 Å². The quantitative estimate of drug-likeness (QED) is 0.710. The Balaban J connectivity index is 2.25. The van der Waals surface area contributed by atoms with Gasteiger partial charge in [0.15, 0.2) is 6.29 Å². The molecule has 2 N–H and O–H groups in total. The molecule has 0 saturated heterocycles. The van der Waals surface area contributed by atoms with E-state index in [4.69, 9.17) is 16.3 Å². The number of anilines is 1. The second-order valence-corrected chi connectivity index (χ2v) is 7.09. The summed E-state index contributed by atoms with van der Waals surface area (Å²) in [5, 5.41) is 12.6. The van der Waals surface area contributed by atoms with Gasteiger partial charge < -0.3 is 19.9 Å². The van der Waals surface area contributed by atoms with Crippen LogP contribution in [0.1, 0.15) is 25.7 Å². The Morgan fingerprint density at radius 2 is 2.12 bits per heavy atom. The van der Waals surface area contributed by atoms with Gasteiger partial charge in [-0.15, -0.1) is 11.8 Å². The number of nitrogens with one attached hydrogen (secondary N) is 1. The Labute approximate surface area is 157 Å². The zero-order chi connectivity index (χ0) is 19.5. The standard InChI is InChI=1S/C16H17ClF3NO4S/c1-8(2)25-15(23)10-7-9(3-4-11(10)17)21-14(22)12-13(16(18,19)20)24-5-6-26-12/h3-4,7-8,15,23H,5-6H2,1-2H3,(H,21,22). The summed E-state index contributed by atoms with van der Waals surface area (Å²) >= 11 is 6.78. The lowest BCUT2D eigenvalue weighted by Crippen LogP contribution is -2.26. The van der Waals surface area contributed by atoms with E-state index < -0.39 is 29.0 Å². The highest BCUT2D eigenvalue weighted by molar-refractivity contribution is 8.04. The molecule has 26 heavy (non-hydrogen) atoms. The maximum Gasteiger partial charge on any atom is 0.450 e. The lowest BCUT2D eigenvalue weighted by atomic mass is 10.2. The molecular formula is C16H17ClF3NO4S. The minimum absolute atomic E-state index is 0.125. The average molecular weight is 412 g/mol. The van der Waals surface area contributed by atoms with Gasteiger partial charge >= 0.3 is 6.18 Å². The van der Waals surface area contributed by atoms with Crippen LogP contribution in [-0.2, 0) is 14.3 Å². The lowest BCUT2D eigenvalue weighted by Gasteiger charge is -2.22. The van der Waals surface area contributed by atoms with Crippen molar-refractivity contribution < 1.29 is 32.5 Å². The van der Waals surface area contributed by atoms with E-state index in [9.17, 15) is 23.1 Å². The number of halogens is 4. The van der Waals surface area contributed by atoms with Crippen LogP contribution in [0.25, 0.3) is 0 Å². The van der Waals surface area contributed by atoms with Crippen LogP contribution in [0.4, 0.5) is 18.9 Å². The SMILES string of the molecule is CC(C)OC(O)c1cc(NC(=O)C2=C(C(F)(F)F)OCCS2)ccc1Cl. The molecule has 5 nitrogen and oxygen atoms in total. The fourth-order valence-corrected chi connectivity index (χ4v) is 3.20. The largest absolute Gasteiger partial charge is 0.487 e. The van der Waals surface area contributed by atoms with Crippen molar-refractivity contribution in [3.8, 4) is 0 Å². The van der Waals surface area contributed by atoms with E-state index in [-0.39, 0.29) is 34.7 Å². The molecule has 1 heterocycles. The van der Waals surface area contributed by atoms with E-state index in [1.807, 2.05) is 0 Å². The number of benzene rings is 1. The summed E-state index contributed by atoms with van der Waals surface area (Å²) in [6, 6.07) is 4.16. The van der Waals surface area contributed by atoms with Crippen molar-refractivity contribution in [1.29, 1.82) is 0 Å². The van der Waals surface area contributed by atoms with Crippen LogP contribution >= 0.6 is 23.4 Å². The van der Waals surface area contributed by atoms with E-state index >= 15 is 0 Å². The van der Waals surface area contributed by atoms with Crippen LogP contribution < -0.4 is 5.32 Å². The first-order valence-electron chi connectivity index (χ1n) is 7.61. The van der Waals surface area contributed by atoms with Crippen LogP contribution in [0.5, 0.6) is 0 Å². The monoisotopic (exact) mass is 411 g/mol. The summed E-state index contributed by atoms with van der Waals surface area (Å²) in [5.74, 6) is -2.02. The Morgan fingerprint density at radius 1 is 1.42 bits per heavy atom. The molecule has 144 valence electrons. The highest BCUT2D eigenvalue weighted by atomic mass is 35.5. The first-order chi connectivity index (χ1) is 12.1. The fraction of sp³-hybridized carbons (Fsp3) is 0.438. The summed E-state index contributed by atoms with van der Waals surface area (Å²) in [6.45, 7) is 3.31. The number of aliphatic hydroxyl groups excluding tert-OH is 1. The first kappa shape index (κ1) is 20.9. The van der Waals surface area contributed by atoms with Crippen LogP contribution in [0.3, 0.4) is 0 Å². The van der Waals surface area contributed by atoms with Crippen molar-refractivity contribution >= 4 is 35.0 Å². The molecule has 10 heteroatoms. The van der Waals surface area contributed by atoms with Crippen molar-refractivity contribution in [3.63, 3.8) is 0 Å². The summed E-state index contributed by atoms with van der Waals surface area (Å²) in [4.78, 5) is 11.7. The Bertz CT molecular complexity index is 709. The number of aliphatic hydroxyl groups is 1. The van der Waals surface area contributed by atoms with Crippen molar-refractivity contribution in [2.24, 2.45) is 0 Å². The molecule has 1 aromatic carbocycles. The average Bonchev–Trinajstić information content (AvgIpc) is 2.55. The summed E-state index contributed by atoms with van der Waals surface area (Å²) < 4.78 is 48.8. The van der Waals surface area contributed by atoms with Crippen LogP contribution in [0, 0.1) is 0 Å². The number of alkyl halides is 3. The van der Waals surface area contributed by atoms with E-state index in [0.29, 0.717) is 0 Å². The molecule has 0 aromatic heterocycles. The van der Waals surface area contributed by atoms with Crippen molar-refractivity contribution in [1.82, 2.24) is 0 Å². The number of ether oxygens (including phenoxy) is 2. The van der Waals surface area contributed by atoms with Crippen LogP contribution in [0.15, 0.2) is 28.9 Å². The maximum atomic E-state index is 13.0. The highest BCUT2D eigenvalue weighted by Crippen LogP contribution is 2.37. The van der Waals surface area contributed by atoms with Gasteiger partial charge in [0, 0.05) is 22.0 Å². The number of amides is 1. The Kier molecular flexibility index (Phi) is 6.84. The Hall–Kier alpha value is -1.42. The first-order valence-corrected chi connectivity index (χ1v) is 8.97. The lowest BCUT2D eigenvalue weighted by molar-refractivity contribution is -0.133. The molecule has 1 aliphatic heterocycles. The smallest absolute Gasteiger partial charge is 0.450 e. The molecule has 0 aliphatic carbocycles. The summed E-state index contributed by atoms with van der Waals surface area (Å²) in [6.07, 6.45) is -6.38. The van der Waals surface area contributed by atoms with Gasteiger partial charge in [-0.3, -0.25) is 4.79 Å². The highest BCUT2D eigenvalue weighted by Gasteiger charge is 2.42. The molecule has 1 aliphatic rings. The maximum absolute atomic E-state index is 13.0. The molecule has 0 fully saturated rings. The third kappa shape index (κ3) is 5.29. The third-order valence-electron chi connectivity index (χ3n) is 3.17. The predicted molar refractivity (Wildman–Crippen MR) is 92.8 cm³/mol. The summed E-state index contributed by atoms with van der Waals surface area (Å²) in [5.41, 5.74) is 0.358. The van der Waals surface area contributed by atoms with Gasteiger partial charge in [-0.1, -0.05) is 11.6 Å². The molecule has 1 amide bonds. The second-order valence-electron chi connectivity index (χ2n) is 5.58. The van der Waals surface area contributed by atoms with Gasteiger partial charge in [0.05, 0.1) is 12.7 Å². The predicted octanol–water partition coefficient (Wildman–Crippen LogP) is 4.23. The topological polar surface area (TPSA) is 67.8 Å². The van der Waals surface area contributed by atoms with E-state index in [1.165, 1.54) is 18.2 Å². The number of rotatable bonds is 5. The summed E-state index contributed by atoms with van der Waals surface area (Å²) in [7, 11) is 0. The minimum atomic E-state index is -4.76. The molecule has 0 spiro atoms. The van der Waals surface area contributed by atoms with Crippen molar-refractivity contribution in [2.45, 2.75) is 32.4 Å². The van der Waals surface area contributed by atoms with Gasteiger partial charge in [-0.05, 0) is 32.0 Å². The van der Waals surface area contributed by atoms with Crippen molar-refractivity contribution in [2.75, 3.05) is 17.7 Å². The van der Waals surface area contributed by atoms with Gasteiger partial charge in [0.2, 0.25) is 5.76 Å².